The van der Waals surface area contributed by atoms with E-state index in [1.807, 2.05) is 0 Å². The van der Waals surface area contributed by atoms with Gasteiger partial charge in [-0.25, -0.2) is 0 Å². The van der Waals surface area contributed by atoms with E-state index < -0.39 is 0 Å². The lowest BCUT2D eigenvalue weighted by molar-refractivity contribution is 0.248. The van der Waals surface area contributed by atoms with Crippen LogP contribution in [0.5, 0.6) is 11.5 Å². The van der Waals surface area contributed by atoms with Crippen molar-refractivity contribution in [3.8, 4) is 11.5 Å². The third kappa shape index (κ3) is 7.47. The van der Waals surface area contributed by atoms with E-state index in [-0.39, 0.29) is 0 Å². The summed E-state index contributed by atoms with van der Waals surface area (Å²) in [5.74, 6) is 2.28. The molecule has 0 atom stereocenters. The third-order valence-electron chi connectivity index (χ3n) is 9.21. The fourth-order valence-corrected chi connectivity index (χ4v) is 6.77. The molecule has 0 bridgehead atoms. The maximum atomic E-state index is 6.05. The number of anilines is 2. The maximum Gasteiger partial charge on any atom is 0.145 e. The molecule has 0 saturated carbocycles. The minimum Gasteiger partial charge on any atom is -0.491 e. The highest BCUT2D eigenvalue weighted by Crippen LogP contribution is 2.37. The summed E-state index contributed by atoms with van der Waals surface area (Å²) in [4.78, 5) is 10.3. The van der Waals surface area contributed by atoms with Crippen LogP contribution in [0.4, 0.5) is 11.4 Å². The Balaban J connectivity index is 0.763. The predicted molar refractivity (Wildman–Crippen MR) is 168 cm³/mol. The summed E-state index contributed by atoms with van der Waals surface area (Å²) in [5, 5.41) is 0. The fourth-order valence-electron chi connectivity index (χ4n) is 6.77. The van der Waals surface area contributed by atoms with Crippen LogP contribution in [0.2, 0.25) is 0 Å². The quantitative estimate of drug-likeness (QED) is 0.284. The Kier molecular flexibility index (Phi) is 10.2. The molecule has 4 aliphatic rings. The molecular weight excluding hydrogens is 512 g/mol. The zero-order valence-electron chi connectivity index (χ0n) is 24.9. The largest absolute Gasteiger partial charge is 0.491 e. The molecule has 2 aromatic carbocycles. The van der Waals surface area contributed by atoms with Crippen LogP contribution in [0, 0.1) is 0 Å². The van der Waals surface area contributed by atoms with Gasteiger partial charge in [-0.3, -0.25) is 20.7 Å². The molecule has 4 aliphatic heterocycles. The van der Waals surface area contributed by atoms with Crippen LogP contribution in [0.25, 0.3) is 0 Å². The van der Waals surface area contributed by atoms with E-state index in [9.17, 15) is 0 Å². The van der Waals surface area contributed by atoms with Gasteiger partial charge in [-0.15, -0.1) is 0 Å². The van der Waals surface area contributed by atoms with Crippen molar-refractivity contribution >= 4 is 11.4 Å². The van der Waals surface area contributed by atoms with Crippen LogP contribution in [-0.2, 0) is 12.8 Å². The Morgan fingerprint density at radius 3 is 1.63 bits per heavy atom. The van der Waals surface area contributed by atoms with Gasteiger partial charge in [-0.1, -0.05) is 24.3 Å². The average molecular weight is 563 g/mol. The van der Waals surface area contributed by atoms with Crippen molar-refractivity contribution in [3.05, 3.63) is 47.5 Å². The van der Waals surface area contributed by atoms with Crippen molar-refractivity contribution in [2.24, 2.45) is 0 Å². The highest BCUT2D eigenvalue weighted by molar-refractivity contribution is 5.64. The number of hydrazine groups is 1. The Labute approximate surface area is 246 Å². The number of piperazine rings is 2. The molecule has 8 heteroatoms. The lowest BCUT2D eigenvalue weighted by Crippen LogP contribution is -2.47. The van der Waals surface area contributed by atoms with Crippen molar-refractivity contribution < 1.29 is 9.47 Å². The Morgan fingerprint density at radius 2 is 1.07 bits per heavy atom. The minimum atomic E-state index is 0.834. The van der Waals surface area contributed by atoms with Gasteiger partial charge in [0.1, 0.15) is 11.5 Å². The van der Waals surface area contributed by atoms with Gasteiger partial charge in [-0.05, 0) is 74.9 Å². The zero-order valence-corrected chi connectivity index (χ0v) is 24.9. The van der Waals surface area contributed by atoms with E-state index in [1.54, 1.807) is 0 Å². The van der Waals surface area contributed by atoms with E-state index in [0.717, 1.165) is 109 Å². The number of aryl methyl sites for hydroxylation is 1. The molecule has 0 spiro atoms. The van der Waals surface area contributed by atoms with Gasteiger partial charge in [0.25, 0.3) is 0 Å². The summed E-state index contributed by atoms with van der Waals surface area (Å²) in [7, 11) is 0. The first-order valence-corrected chi connectivity index (χ1v) is 16.2. The average Bonchev–Trinajstić information content (AvgIpc) is 3.52. The second-order valence-corrected chi connectivity index (χ2v) is 12.0. The van der Waals surface area contributed by atoms with Crippen molar-refractivity contribution in [2.45, 2.75) is 44.9 Å². The molecular formula is C33H50N6O2. The molecule has 224 valence electrons. The van der Waals surface area contributed by atoms with E-state index >= 15 is 0 Å². The number of para-hydroxylation sites is 2. The van der Waals surface area contributed by atoms with Crippen LogP contribution in [0.15, 0.2) is 36.4 Å². The fraction of sp³-hybridized carbons (Fsp3) is 0.636. The molecule has 0 radical (unpaired) electrons. The molecule has 0 aliphatic carbocycles. The van der Waals surface area contributed by atoms with Gasteiger partial charge in [0, 0.05) is 71.9 Å². The van der Waals surface area contributed by atoms with Crippen molar-refractivity contribution in [1.82, 2.24) is 20.7 Å². The topological polar surface area (TPSA) is 55.5 Å². The number of fused-ring (bicyclic) bond motifs is 2. The van der Waals surface area contributed by atoms with E-state index in [4.69, 9.17) is 9.47 Å². The van der Waals surface area contributed by atoms with Crippen LogP contribution in [0.1, 0.15) is 43.2 Å². The van der Waals surface area contributed by atoms with Crippen molar-refractivity contribution in [1.29, 1.82) is 0 Å². The number of benzene rings is 2. The molecule has 0 unspecified atom stereocenters. The van der Waals surface area contributed by atoms with Gasteiger partial charge >= 0.3 is 0 Å². The van der Waals surface area contributed by atoms with Crippen LogP contribution in [0.3, 0.4) is 0 Å². The molecule has 4 heterocycles. The van der Waals surface area contributed by atoms with Gasteiger partial charge in [-0.2, -0.15) is 0 Å². The van der Waals surface area contributed by atoms with Gasteiger partial charge < -0.3 is 19.3 Å². The smallest absolute Gasteiger partial charge is 0.145 e. The summed E-state index contributed by atoms with van der Waals surface area (Å²) in [5.41, 5.74) is 12.2. The van der Waals surface area contributed by atoms with Crippen LogP contribution in [-0.4, -0.2) is 102 Å². The lowest BCUT2D eigenvalue weighted by Gasteiger charge is -2.37. The standard InChI is InChI=1S/C33H50N6O2/c1(3-16-36-18-22-38(23-19-36)30-11-5-8-28-10-7-26-40-32(28)30)14-34-35-15-2-4-17-37-20-24-39(25-21-37)31-12-6-9-29-13-27-41-33(29)31/h5-6,8-9,11-12,34-35H,1-4,7,10,13-27H2. The minimum absolute atomic E-state index is 0.834. The maximum absolute atomic E-state index is 6.05. The normalized spacial score (nSPS) is 19.5. The Morgan fingerprint density at radius 1 is 0.561 bits per heavy atom. The highest BCUT2D eigenvalue weighted by Gasteiger charge is 2.24. The van der Waals surface area contributed by atoms with E-state index in [2.05, 4.69) is 66.8 Å². The molecule has 41 heavy (non-hydrogen) atoms. The third-order valence-corrected chi connectivity index (χ3v) is 9.21. The van der Waals surface area contributed by atoms with Crippen LogP contribution >= 0.6 is 0 Å². The molecule has 2 saturated heterocycles. The molecule has 2 fully saturated rings. The first-order valence-electron chi connectivity index (χ1n) is 16.2. The molecule has 0 amide bonds. The SMILES string of the molecule is c1cc2c(c(N3CCN(CCCCNNCCCCN4CCN(c5cccc6c5OCC6)CC4)CC3)c1)OCCC2. The van der Waals surface area contributed by atoms with Crippen molar-refractivity contribution in [2.75, 3.05) is 102 Å². The second-order valence-electron chi connectivity index (χ2n) is 12.0. The molecule has 0 aromatic heterocycles. The summed E-state index contributed by atoms with van der Waals surface area (Å²) in [6.07, 6.45) is 8.28. The molecule has 8 nitrogen and oxygen atoms in total. The number of nitrogens with zero attached hydrogens (tertiary/aromatic N) is 4. The summed E-state index contributed by atoms with van der Waals surface area (Å²) >= 11 is 0. The van der Waals surface area contributed by atoms with Gasteiger partial charge in [0.05, 0.1) is 24.6 Å². The number of ether oxygens (including phenoxy) is 2. The van der Waals surface area contributed by atoms with Gasteiger partial charge in [0.2, 0.25) is 0 Å². The predicted octanol–water partition coefficient (Wildman–Crippen LogP) is 3.55. The lowest BCUT2D eigenvalue weighted by atomic mass is 10.0. The van der Waals surface area contributed by atoms with E-state index in [1.165, 1.54) is 61.3 Å². The highest BCUT2D eigenvalue weighted by atomic mass is 16.5. The number of rotatable bonds is 13. The second kappa shape index (κ2) is 14.6. The number of nitrogens with one attached hydrogen (secondary N) is 2. The Hall–Kier alpha value is -2.52. The zero-order chi connectivity index (χ0) is 27.7. The number of unbranched alkanes of at least 4 members (excludes halogenated alkanes) is 2. The first-order chi connectivity index (χ1) is 20.3. The summed E-state index contributed by atoms with van der Waals surface area (Å²) in [6, 6.07) is 13.3. The van der Waals surface area contributed by atoms with Crippen molar-refractivity contribution in [3.63, 3.8) is 0 Å². The summed E-state index contributed by atoms with van der Waals surface area (Å²) in [6.45, 7) is 15.1. The molecule has 6 rings (SSSR count). The molecule has 2 aromatic rings. The van der Waals surface area contributed by atoms with E-state index in [0.29, 0.717) is 0 Å². The first kappa shape index (κ1) is 28.6. The number of hydrogen-bond acceptors (Lipinski definition) is 8. The van der Waals surface area contributed by atoms with Crippen LogP contribution < -0.4 is 30.1 Å². The Bertz CT molecular complexity index is 1100. The van der Waals surface area contributed by atoms with Gasteiger partial charge in [0.15, 0.2) is 0 Å². The molecule has 2 N–H and O–H groups in total. The monoisotopic (exact) mass is 562 g/mol. The summed E-state index contributed by atoms with van der Waals surface area (Å²) < 4.78 is 12.0. The number of hydrogen-bond donors (Lipinski definition) is 2.